The zero-order chi connectivity index (χ0) is 14.3. The molecule has 0 saturated heterocycles. The molecular formula is C13H15O6P. The van der Waals surface area contributed by atoms with Crippen LogP contribution in [0.3, 0.4) is 0 Å². The number of benzene rings is 1. The third-order valence-corrected chi connectivity index (χ3v) is 5.33. The predicted octanol–water partition coefficient (Wildman–Crippen LogP) is 2.88. The van der Waals surface area contributed by atoms with Gasteiger partial charge in [0.2, 0.25) is 5.85 Å². The number of esters is 1. The average Bonchev–Trinajstić information content (AvgIpc) is 3.21. The van der Waals surface area contributed by atoms with Gasteiger partial charge in [-0.05, 0) is 31.0 Å². The Morgan fingerprint density at radius 2 is 1.95 bits per heavy atom. The minimum absolute atomic E-state index is 0.237. The van der Waals surface area contributed by atoms with Crippen LogP contribution in [0.15, 0.2) is 18.2 Å². The van der Waals surface area contributed by atoms with Crippen LogP contribution in [0.25, 0.3) is 0 Å². The number of cyclic esters (lactones) is 1. The Labute approximate surface area is 116 Å². The van der Waals surface area contributed by atoms with E-state index in [2.05, 4.69) is 0 Å². The Hall–Kier alpha value is -1.36. The molecule has 1 aliphatic heterocycles. The summed E-state index contributed by atoms with van der Waals surface area (Å²) < 4.78 is 33.1. The molecule has 0 aromatic heterocycles. The molecule has 1 unspecified atom stereocenters. The molecular weight excluding hydrogens is 283 g/mol. The van der Waals surface area contributed by atoms with E-state index in [4.69, 9.17) is 18.5 Å². The quantitative estimate of drug-likeness (QED) is 0.615. The minimum Gasteiger partial charge on any atom is -0.490 e. The second-order valence-electron chi connectivity index (χ2n) is 4.73. The van der Waals surface area contributed by atoms with E-state index in [1.54, 1.807) is 18.2 Å². The van der Waals surface area contributed by atoms with Crippen molar-refractivity contribution in [2.45, 2.75) is 24.8 Å². The molecule has 1 aliphatic carbocycles. The van der Waals surface area contributed by atoms with Crippen molar-refractivity contribution in [3.63, 3.8) is 0 Å². The second-order valence-corrected chi connectivity index (χ2v) is 7.01. The van der Waals surface area contributed by atoms with Crippen LogP contribution in [0.2, 0.25) is 0 Å². The van der Waals surface area contributed by atoms with Crippen molar-refractivity contribution in [2.24, 2.45) is 0 Å². The number of ether oxygens (including phenoxy) is 2. The molecule has 0 N–H and O–H groups in total. The monoisotopic (exact) mass is 298 g/mol. The second kappa shape index (κ2) is 4.88. The maximum atomic E-state index is 12.4. The summed E-state index contributed by atoms with van der Waals surface area (Å²) in [6.07, 6.45) is 2.30. The predicted molar refractivity (Wildman–Crippen MR) is 69.9 cm³/mol. The first-order valence-electron chi connectivity index (χ1n) is 6.30. The largest absolute Gasteiger partial charge is 0.490 e. The molecule has 0 bridgehead atoms. The molecule has 1 fully saturated rings. The smallest absolute Gasteiger partial charge is 0.375 e. The molecule has 0 radical (unpaired) electrons. The summed E-state index contributed by atoms with van der Waals surface area (Å²) in [7, 11) is -1.01. The van der Waals surface area contributed by atoms with E-state index in [0.29, 0.717) is 16.9 Å². The molecule has 1 aromatic rings. The molecule has 0 spiro atoms. The minimum atomic E-state index is -3.54. The van der Waals surface area contributed by atoms with E-state index in [9.17, 15) is 9.36 Å². The van der Waals surface area contributed by atoms with Gasteiger partial charge in [0.1, 0.15) is 5.75 Å². The van der Waals surface area contributed by atoms with Crippen molar-refractivity contribution in [3.05, 3.63) is 29.3 Å². The van der Waals surface area contributed by atoms with Crippen LogP contribution in [-0.4, -0.2) is 26.3 Å². The Bertz CT molecular complexity index is 587. The molecule has 1 saturated carbocycles. The molecule has 0 amide bonds. The first-order chi connectivity index (χ1) is 9.57. The van der Waals surface area contributed by atoms with E-state index in [1.165, 1.54) is 14.2 Å². The van der Waals surface area contributed by atoms with E-state index >= 15 is 0 Å². The first kappa shape index (κ1) is 13.6. The van der Waals surface area contributed by atoms with Gasteiger partial charge in [0.25, 0.3) is 0 Å². The van der Waals surface area contributed by atoms with Gasteiger partial charge in [-0.25, -0.2) is 4.79 Å². The number of carbonyl (C=O) groups is 1. The van der Waals surface area contributed by atoms with Crippen LogP contribution < -0.4 is 4.74 Å². The average molecular weight is 298 g/mol. The molecule has 6 nitrogen and oxygen atoms in total. The van der Waals surface area contributed by atoms with Crippen LogP contribution in [0, 0.1) is 0 Å². The lowest BCUT2D eigenvalue weighted by molar-refractivity contribution is 0.0456. The van der Waals surface area contributed by atoms with E-state index in [1.807, 2.05) is 0 Å². The van der Waals surface area contributed by atoms with Gasteiger partial charge < -0.3 is 18.5 Å². The summed E-state index contributed by atoms with van der Waals surface area (Å²) in [6.45, 7) is 0. The summed E-state index contributed by atoms with van der Waals surface area (Å²) in [5.74, 6) is -0.937. The van der Waals surface area contributed by atoms with Gasteiger partial charge in [0.05, 0.1) is 11.7 Å². The molecule has 1 heterocycles. The van der Waals surface area contributed by atoms with Crippen LogP contribution in [0.1, 0.15) is 34.6 Å². The summed E-state index contributed by atoms with van der Waals surface area (Å²) in [4.78, 5) is 11.8. The molecule has 1 aromatic carbocycles. The van der Waals surface area contributed by atoms with Gasteiger partial charge in [0, 0.05) is 19.8 Å². The Kier molecular flexibility index (Phi) is 3.32. The first-order valence-corrected chi connectivity index (χ1v) is 7.91. The third-order valence-electron chi connectivity index (χ3n) is 3.35. The van der Waals surface area contributed by atoms with Crippen LogP contribution >= 0.6 is 7.60 Å². The lowest BCUT2D eigenvalue weighted by atomic mass is 10.1. The highest BCUT2D eigenvalue weighted by Gasteiger charge is 2.46. The summed E-state index contributed by atoms with van der Waals surface area (Å²) in [5, 5.41) is 0. The lowest BCUT2D eigenvalue weighted by Gasteiger charge is -2.20. The van der Waals surface area contributed by atoms with Crippen LogP contribution in [-0.2, 0) is 18.3 Å². The topological polar surface area (TPSA) is 71.1 Å². The highest BCUT2D eigenvalue weighted by atomic mass is 31.2. The highest BCUT2D eigenvalue weighted by Crippen LogP contribution is 2.63. The molecule has 7 heteroatoms. The van der Waals surface area contributed by atoms with Crippen molar-refractivity contribution in [1.82, 2.24) is 0 Å². The van der Waals surface area contributed by atoms with Gasteiger partial charge in [-0.3, -0.25) is 4.57 Å². The number of carbonyl (C=O) groups excluding carboxylic acids is 1. The van der Waals surface area contributed by atoms with Crippen LogP contribution in [0.4, 0.5) is 0 Å². The normalized spacial score (nSPS) is 21.5. The number of hydrogen-bond acceptors (Lipinski definition) is 6. The zero-order valence-corrected chi connectivity index (χ0v) is 12.1. The van der Waals surface area contributed by atoms with E-state index < -0.39 is 19.4 Å². The van der Waals surface area contributed by atoms with Gasteiger partial charge >= 0.3 is 13.6 Å². The van der Waals surface area contributed by atoms with Gasteiger partial charge in [0.15, 0.2) is 0 Å². The third kappa shape index (κ3) is 2.24. The fourth-order valence-corrected chi connectivity index (χ4v) is 3.42. The number of hydrogen-bond donors (Lipinski definition) is 0. The Morgan fingerprint density at radius 3 is 2.55 bits per heavy atom. The van der Waals surface area contributed by atoms with Crippen molar-refractivity contribution in [3.8, 4) is 5.75 Å². The maximum absolute atomic E-state index is 12.4. The molecule has 3 rings (SSSR count). The Morgan fingerprint density at radius 1 is 1.25 bits per heavy atom. The molecule has 108 valence electrons. The van der Waals surface area contributed by atoms with Gasteiger partial charge in [-0.1, -0.05) is 0 Å². The van der Waals surface area contributed by atoms with Crippen molar-refractivity contribution >= 4 is 13.6 Å². The van der Waals surface area contributed by atoms with Gasteiger partial charge in [-0.15, -0.1) is 0 Å². The lowest BCUT2D eigenvalue weighted by Crippen LogP contribution is -2.03. The van der Waals surface area contributed by atoms with Crippen molar-refractivity contribution in [2.75, 3.05) is 14.2 Å². The highest BCUT2D eigenvalue weighted by molar-refractivity contribution is 7.54. The standard InChI is InChI=1S/C13H15O6P/c1-16-20(15,17-2)13-11-7-9(18-8-3-4-8)5-6-10(11)12(14)19-13/h5-8,13H,3-4H2,1-2H3. The summed E-state index contributed by atoms with van der Waals surface area (Å²) >= 11 is 0. The maximum Gasteiger partial charge on any atom is 0.375 e. The number of rotatable bonds is 5. The van der Waals surface area contributed by atoms with Crippen molar-refractivity contribution in [1.29, 1.82) is 0 Å². The van der Waals surface area contributed by atoms with E-state index in [-0.39, 0.29) is 6.10 Å². The van der Waals surface area contributed by atoms with Crippen LogP contribution in [0.5, 0.6) is 5.75 Å². The molecule has 2 aliphatic rings. The van der Waals surface area contributed by atoms with E-state index in [0.717, 1.165) is 12.8 Å². The fourth-order valence-electron chi connectivity index (χ4n) is 2.11. The van der Waals surface area contributed by atoms with Gasteiger partial charge in [-0.2, -0.15) is 0 Å². The Balaban J connectivity index is 1.98. The SMILES string of the molecule is COP(=O)(OC)C1OC(=O)c2ccc(OC3CC3)cc21. The fraction of sp³-hybridized carbons (Fsp3) is 0.462. The molecule has 20 heavy (non-hydrogen) atoms. The molecule has 1 atom stereocenters. The van der Waals surface area contributed by atoms with Crippen molar-refractivity contribution < 1.29 is 27.9 Å². The summed E-state index contributed by atoms with van der Waals surface area (Å²) in [5.41, 5.74) is 0.854. The number of fused-ring (bicyclic) bond motifs is 1. The summed E-state index contributed by atoms with van der Waals surface area (Å²) in [6, 6.07) is 5.00. The zero-order valence-electron chi connectivity index (χ0n) is 11.2.